The van der Waals surface area contributed by atoms with Gasteiger partial charge in [-0.1, -0.05) is 13.8 Å². The minimum atomic E-state index is -4.38. The fraction of sp³-hybridized carbons (Fsp3) is 0.778. The summed E-state index contributed by atoms with van der Waals surface area (Å²) in [5, 5.41) is 0. The molecule has 17 heavy (non-hydrogen) atoms. The summed E-state index contributed by atoms with van der Waals surface area (Å²) in [7, 11) is -4.38. The highest BCUT2D eigenvalue weighted by Crippen LogP contribution is 2.02. The molecule has 0 aromatic heterocycles. The molecular weight excluding hydrogens is 252 g/mol. The van der Waals surface area contributed by atoms with Crippen LogP contribution in [0, 0.1) is 5.92 Å². The Hall–Kier alpha value is -1.15. The number of carbonyl (C=O) groups is 2. The third kappa shape index (κ3) is 8.64. The second-order valence-corrected chi connectivity index (χ2v) is 4.88. The number of carbonyl (C=O) groups excluding carboxylic acids is 2. The molecule has 100 valence electrons. The van der Waals surface area contributed by atoms with Crippen LogP contribution in [-0.2, 0) is 29.2 Å². The van der Waals surface area contributed by atoms with Crippen molar-refractivity contribution in [3.63, 3.8) is 0 Å². The maximum absolute atomic E-state index is 11.1. The summed E-state index contributed by atoms with van der Waals surface area (Å²) in [6.07, 6.45) is 0.640. The molecule has 0 spiro atoms. The molecule has 7 nitrogen and oxygen atoms in total. The van der Waals surface area contributed by atoms with Gasteiger partial charge < -0.3 is 9.47 Å². The van der Waals surface area contributed by atoms with Crippen molar-refractivity contribution in [2.75, 3.05) is 19.0 Å². The van der Waals surface area contributed by atoms with Crippen LogP contribution in [0.3, 0.4) is 0 Å². The Labute approximate surface area is 99.8 Å². The molecule has 1 unspecified atom stereocenters. The summed E-state index contributed by atoms with van der Waals surface area (Å²) in [6.45, 7) is 3.15. The molecule has 0 bridgehead atoms. The van der Waals surface area contributed by atoms with E-state index < -0.39 is 27.8 Å². The van der Waals surface area contributed by atoms with Gasteiger partial charge in [-0.25, -0.2) is 0 Å². The van der Waals surface area contributed by atoms with Gasteiger partial charge in [-0.05, 0) is 6.42 Å². The normalized spacial score (nSPS) is 12.9. The van der Waals surface area contributed by atoms with Crippen LogP contribution < -0.4 is 0 Å². The van der Waals surface area contributed by atoms with Gasteiger partial charge in [0.25, 0.3) is 10.1 Å². The maximum Gasteiger partial charge on any atom is 0.323 e. The number of hydrogen-bond acceptors (Lipinski definition) is 6. The van der Waals surface area contributed by atoms with Crippen LogP contribution in [0.2, 0.25) is 0 Å². The zero-order valence-corrected chi connectivity index (χ0v) is 10.5. The summed E-state index contributed by atoms with van der Waals surface area (Å²) in [4.78, 5) is 21.9. The van der Waals surface area contributed by atoms with Crippen molar-refractivity contribution in [1.82, 2.24) is 0 Å². The van der Waals surface area contributed by atoms with Gasteiger partial charge in [0.05, 0.1) is 5.92 Å². The quantitative estimate of drug-likeness (QED) is 0.393. The molecule has 0 aliphatic carbocycles. The lowest BCUT2D eigenvalue weighted by molar-refractivity contribution is -0.153. The highest BCUT2D eigenvalue weighted by Gasteiger charge is 2.15. The van der Waals surface area contributed by atoms with E-state index in [0.717, 1.165) is 0 Å². The molecule has 0 heterocycles. The lowest BCUT2D eigenvalue weighted by atomic mass is 10.1. The molecular formula is C9H16O7S. The maximum atomic E-state index is 11.1. The zero-order valence-electron chi connectivity index (χ0n) is 9.71. The van der Waals surface area contributed by atoms with E-state index in [1.54, 1.807) is 6.92 Å². The van der Waals surface area contributed by atoms with Crippen LogP contribution in [0.15, 0.2) is 0 Å². The van der Waals surface area contributed by atoms with Gasteiger partial charge >= 0.3 is 11.9 Å². The molecule has 0 rings (SSSR count). The SMILES string of the molecule is CCC(C)C(=O)OCCOC(=O)CS(=O)(=O)O. The molecule has 0 saturated heterocycles. The Kier molecular flexibility index (Phi) is 6.74. The van der Waals surface area contributed by atoms with Crippen molar-refractivity contribution < 1.29 is 32.0 Å². The number of esters is 2. The molecule has 8 heteroatoms. The van der Waals surface area contributed by atoms with E-state index in [9.17, 15) is 18.0 Å². The molecule has 0 fully saturated rings. The Morgan fingerprint density at radius 3 is 2.24 bits per heavy atom. The van der Waals surface area contributed by atoms with Crippen molar-refractivity contribution in [1.29, 1.82) is 0 Å². The molecule has 0 saturated carbocycles. The zero-order chi connectivity index (χ0) is 13.5. The number of rotatable bonds is 7. The van der Waals surface area contributed by atoms with E-state index in [4.69, 9.17) is 9.29 Å². The highest BCUT2D eigenvalue weighted by atomic mass is 32.2. The molecule has 0 aliphatic heterocycles. The predicted octanol–water partition coefficient (Wildman–Crippen LogP) is 0.00670. The van der Waals surface area contributed by atoms with Crippen LogP contribution in [0.4, 0.5) is 0 Å². The van der Waals surface area contributed by atoms with Gasteiger partial charge in [-0.2, -0.15) is 8.42 Å². The minimum absolute atomic E-state index is 0.139. The van der Waals surface area contributed by atoms with Crippen LogP contribution in [0.1, 0.15) is 20.3 Å². The van der Waals surface area contributed by atoms with Crippen LogP contribution in [0.25, 0.3) is 0 Å². The van der Waals surface area contributed by atoms with Crippen molar-refractivity contribution in [2.24, 2.45) is 5.92 Å². The van der Waals surface area contributed by atoms with E-state index in [2.05, 4.69) is 4.74 Å². The first-order chi connectivity index (χ1) is 7.76. The van der Waals surface area contributed by atoms with E-state index in [1.165, 1.54) is 0 Å². The lowest BCUT2D eigenvalue weighted by Gasteiger charge is -2.09. The second-order valence-electron chi connectivity index (χ2n) is 3.42. The fourth-order valence-electron chi connectivity index (χ4n) is 0.797. The lowest BCUT2D eigenvalue weighted by Crippen LogP contribution is -2.21. The number of ether oxygens (including phenoxy) is 2. The summed E-state index contributed by atoms with van der Waals surface area (Å²) in [6, 6.07) is 0. The largest absolute Gasteiger partial charge is 0.462 e. The van der Waals surface area contributed by atoms with E-state index in [0.29, 0.717) is 6.42 Å². The first kappa shape index (κ1) is 15.9. The third-order valence-electron chi connectivity index (χ3n) is 1.91. The van der Waals surface area contributed by atoms with E-state index in [1.807, 2.05) is 6.92 Å². The van der Waals surface area contributed by atoms with Gasteiger partial charge in [0.2, 0.25) is 0 Å². The Morgan fingerprint density at radius 2 is 1.76 bits per heavy atom. The van der Waals surface area contributed by atoms with E-state index in [-0.39, 0.29) is 19.1 Å². The fourth-order valence-corrected chi connectivity index (χ4v) is 1.18. The Morgan fingerprint density at radius 1 is 1.24 bits per heavy atom. The van der Waals surface area contributed by atoms with Crippen LogP contribution in [0.5, 0.6) is 0 Å². The van der Waals surface area contributed by atoms with Crippen LogP contribution in [-0.4, -0.2) is 43.9 Å². The monoisotopic (exact) mass is 268 g/mol. The first-order valence-corrected chi connectivity index (χ1v) is 6.64. The summed E-state index contributed by atoms with van der Waals surface area (Å²) < 4.78 is 38.1. The number of hydrogen-bond donors (Lipinski definition) is 1. The average molecular weight is 268 g/mol. The third-order valence-corrected chi connectivity index (χ3v) is 2.51. The van der Waals surface area contributed by atoms with E-state index >= 15 is 0 Å². The molecule has 1 atom stereocenters. The van der Waals surface area contributed by atoms with Gasteiger partial charge in [-0.3, -0.25) is 14.1 Å². The topological polar surface area (TPSA) is 107 Å². The van der Waals surface area contributed by atoms with Crippen molar-refractivity contribution >= 4 is 22.1 Å². The molecule has 0 radical (unpaired) electrons. The summed E-state index contributed by atoms with van der Waals surface area (Å²) >= 11 is 0. The Balaban J connectivity index is 3.72. The van der Waals surface area contributed by atoms with Gasteiger partial charge in [0, 0.05) is 0 Å². The van der Waals surface area contributed by atoms with Gasteiger partial charge in [0.1, 0.15) is 13.2 Å². The highest BCUT2D eigenvalue weighted by molar-refractivity contribution is 7.86. The van der Waals surface area contributed by atoms with Crippen molar-refractivity contribution in [2.45, 2.75) is 20.3 Å². The van der Waals surface area contributed by atoms with Crippen molar-refractivity contribution in [3.8, 4) is 0 Å². The molecule has 0 amide bonds. The molecule has 1 N–H and O–H groups in total. The standard InChI is InChI=1S/C9H16O7S/c1-3-7(2)9(11)16-5-4-15-8(10)6-17(12,13)14/h7H,3-6H2,1-2H3,(H,12,13,14). The summed E-state index contributed by atoms with van der Waals surface area (Å²) in [5.74, 6) is -2.83. The average Bonchev–Trinajstić information content (AvgIpc) is 2.20. The second kappa shape index (κ2) is 7.23. The van der Waals surface area contributed by atoms with Gasteiger partial charge in [-0.15, -0.1) is 0 Å². The predicted molar refractivity (Wildman–Crippen MR) is 57.8 cm³/mol. The molecule has 0 aromatic carbocycles. The Bertz CT molecular complexity index is 360. The molecule has 0 aliphatic rings. The van der Waals surface area contributed by atoms with Crippen molar-refractivity contribution in [3.05, 3.63) is 0 Å². The minimum Gasteiger partial charge on any atom is -0.462 e. The summed E-state index contributed by atoms with van der Waals surface area (Å²) in [5.41, 5.74) is 0. The molecule has 0 aromatic rings. The smallest absolute Gasteiger partial charge is 0.323 e. The van der Waals surface area contributed by atoms with Gasteiger partial charge in [0.15, 0.2) is 5.75 Å². The first-order valence-electron chi connectivity index (χ1n) is 5.03. The van der Waals surface area contributed by atoms with Crippen LogP contribution >= 0.6 is 0 Å².